The second kappa shape index (κ2) is 8.18. The smallest absolute Gasteiger partial charge is 0.258 e. The molecule has 1 amide bonds. The molecule has 2 heterocycles. The lowest BCUT2D eigenvalue weighted by Gasteiger charge is -2.08. The van der Waals surface area contributed by atoms with Crippen LogP contribution in [0.5, 0.6) is 5.75 Å². The van der Waals surface area contributed by atoms with E-state index in [2.05, 4.69) is 27.5 Å². The van der Waals surface area contributed by atoms with E-state index in [0.29, 0.717) is 12.3 Å². The molecule has 0 saturated heterocycles. The summed E-state index contributed by atoms with van der Waals surface area (Å²) in [6, 6.07) is 15.7. The second-order valence-electron chi connectivity index (χ2n) is 6.23. The quantitative estimate of drug-likeness (QED) is 0.522. The zero-order valence-electron chi connectivity index (χ0n) is 15.3. The van der Waals surface area contributed by atoms with Crippen LogP contribution < -0.4 is 10.1 Å². The molecule has 0 atom stereocenters. The fraction of sp³-hybridized carbons (Fsp3) is 0.200. The summed E-state index contributed by atoms with van der Waals surface area (Å²) in [5.41, 5.74) is 3.25. The molecule has 0 aliphatic carbocycles. The fourth-order valence-corrected chi connectivity index (χ4v) is 3.49. The molecule has 4 rings (SSSR count). The Hall–Kier alpha value is -3.26. The molecule has 0 saturated carbocycles. The maximum Gasteiger partial charge on any atom is 0.258 e. The summed E-state index contributed by atoms with van der Waals surface area (Å²) >= 11 is 1.48. The minimum atomic E-state index is -0.155. The Labute approximate surface area is 166 Å². The topological polar surface area (TPSA) is 81.4 Å². The Morgan fingerprint density at radius 3 is 2.57 bits per heavy atom. The van der Waals surface area contributed by atoms with Crippen molar-refractivity contribution in [3.8, 4) is 16.3 Å². The predicted octanol–water partition coefficient (Wildman–Crippen LogP) is 3.11. The normalized spacial score (nSPS) is 10.9. The van der Waals surface area contributed by atoms with Gasteiger partial charge in [0.05, 0.1) is 0 Å². The van der Waals surface area contributed by atoms with Crippen LogP contribution in [0.1, 0.15) is 18.1 Å². The van der Waals surface area contributed by atoms with Gasteiger partial charge in [-0.15, -0.1) is 10.2 Å². The number of nitrogens with one attached hydrogen (secondary N) is 1. The minimum Gasteiger partial charge on any atom is -0.484 e. The standard InChI is InChI=1S/C20H19N5O2S/c1-2-14-5-9-17(10-6-14)27-12-18(26)21-11-15-3-7-16(8-4-15)19-24-25-13-22-23-20(25)28-19/h3-10,13H,2,11-12H2,1H3,(H,21,26). The van der Waals surface area contributed by atoms with Crippen molar-refractivity contribution in [2.24, 2.45) is 0 Å². The van der Waals surface area contributed by atoms with E-state index in [1.165, 1.54) is 16.9 Å². The van der Waals surface area contributed by atoms with Crippen molar-refractivity contribution in [2.45, 2.75) is 19.9 Å². The van der Waals surface area contributed by atoms with Crippen LogP contribution in [0.15, 0.2) is 54.9 Å². The molecule has 4 aromatic rings. The van der Waals surface area contributed by atoms with E-state index in [1.807, 2.05) is 48.5 Å². The molecule has 0 fully saturated rings. The lowest BCUT2D eigenvalue weighted by molar-refractivity contribution is -0.123. The van der Waals surface area contributed by atoms with Gasteiger partial charge in [0, 0.05) is 12.1 Å². The van der Waals surface area contributed by atoms with Crippen molar-refractivity contribution >= 4 is 22.2 Å². The highest BCUT2D eigenvalue weighted by Gasteiger charge is 2.08. The van der Waals surface area contributed by atoms with Crippen LogP contribution in [-0.4, -0.2) is 32.3 Å². The van der Waals surface area contributed by atoms with E-state index in [1.54, 1.807) is 10.8 Å². The van der Waals surface area contributed by atoms with Gasteiger partial charge in [0.25, 0.3) is 5.91 Å². The highest BCUT2D eigenvalue weighted by atomic mass is 32.1. The Bertz CT molecular complexity index is 1040. The maximum absolute atomic E-state index is 12.0. The van der Waals surface area contributed by atoms with Crippen LogP contribution >= 0.6 is 11.3 Å². The van der Waals surface area contributed by atoms with Crippen molar-refractivity contribution < 1.29 is 9.53 Å². The molecule has 0 aliphatic heterocycles. The summed E-state index contributed by atoms with van der Waals surface area (Å²) in [6.45, 7) is 2.54. The first kappa shape index (κ1) is 18.1. The van der Waals surface area contributed by atoms with Crippen molar-refractivity contribution in [3.05, 3.63) is 66.0 Å². The largest absolute Gasteiger partial charge is 0.484 e. The molecule has 7 nitrogen and oxygen atoms in total. The summed E-state index contributed by atoms with van der Waals surface area (Å²) in [5, 5.41) is 16.0. The zero-order chi connectivity index (χ0) is 19.3. The van der Waals surface area contributed by atoms with Gasteiger partial charge in [0.2, 0.25) is 4.96 Å². The molecule has 2 aromatic heterocycles. The lowest BCUT2D eigenvalue weighted by Crippen LogP contribution is -2.28. The van der Waals surface area contributed by atoms with Crippen molar-refractivity contribution in [2.75, 3.05) is 6.61 Å². The van der Waals surface area contributed by atoms with E-state index in [-0.39, 0.29) is 12.5 Å². The molecule has 2 aromatic carbocycles. The average Bonchev–Trinajstić information content (AvgIpc) is 3.34. The SMILES string of the molecule is CCc1ccc(OCC(=O)NCc2ccc(-c3nn4cnnc4s3)cc2)cc1. The van der Waals surface area contributed by atoms with Gasteiger partial charge in [0.15, 0.2) is 6.61 Å². The van der Waals surface area contributed by atoms with Gasteiger partial charge in [-0.2, -0.15) is 9.61 Å². The summed E-state index contributed by atoms with van der Waals surface area (Å²) in [6.07, 6.45) is 2.56. The Morgan fingerprint density at radius 1 is 1.11 bits per heavy atom. The van der Waals surface area contributed by atoms with Crippen molar-refractivity contribution in [1.29, 1.82) is 0 Å². The molecule has 0 spiro atoms. The first-order chi connectivity index (χ1) is 13.7. The highest BCUT2D eigenvalue weighted by Crippen LogP contribution is 2.24. The van der Waals surface area contributed by atoms with E-state index in [0.717, 1.165) is 27.5 Å². The van der Waals surface area contributed by atoms with E-state index in [9.17, 15) is 4.79 Å². The summed E-state index contributed by atoms with van der Waals surface area (Å²) in [4.78, 5) is 12.8. The molecular formula is C20H19N5O2S. The Balaban J connectivity index is 1.28. The monoisotopic (exact) mass is 393 g/mol. The van der Waals surface area contributed by atoms with E-state index in [4.69, 9.17) is 4.74 Å². The van der Waals surface area contributed by atoms with E-state index < -0.39 is 0 Å². The van der Waals surface area contributed by atoms with Gasteiger partial charge in [-0.1, -0.05) is 54.7 Å². The second-order valence-corrected chi connectivity index (χ2v) is 7.18. The van der Waals surface area contributed by atoms with Crippen molar-refractivity contribution in [1.82, 2.24) is 25.1 Å². The molecule has 0 aliphatic rings. The summed E-state index contributed by atoms with van der Waals surface area (Å²) in [5.74, 6) is 0.541. The van der Waals surface area contributed by atoms with Crippen LogP contribution in [0.4, 0.5) is 0 Å². The number of aryl methyl sites for hydroxylation is 1. The number of hydrogen-bond donors (Lipinski definition) is 1. The van der Waals surface area contributed by atoms with Gasteiger partial charge in [0.1, 0.15) is 17.1 Å². The number of carbonyl (C=O) groups is 1. The van der Waals surface area contributed by atoms with Crippen LogP contribution in [0.2, 0.25) is 0 Å². The number of benzene rings is 2. The molecule has 8 heteroatoms. The Morgan fingerprint density at radius 2 is 1.86 bits per heavy atom. The number of amides is 1. The average molecular weight is 393 g/mol. The Kier molecular flexibility index (Phi) is 5.29. The molecule has 142 valence electrons. The number of ether oxygens (including phenoxy) is 1. The first-order valence-corrected chi connectivity index (χ1v) is 9.77. The van der Waals surface area contributed by atoms with Crippen LogP contribution in [0.25, 0.3) is 15.5 Å². The van der Waals surface area contributed by atoms with Gasteiger partial charge in [-0.25, -0.2) is 0 Å². The molecule has 0 bridgehead atoms. The number of hydrogen-bond acceptors (Lipinski definition) is 6. The molecule has 0 radical (unpaired) electrons. The first-order valence-electron chi connectivity index (χ1n) is 8.96. The van der Waals surface area contributed by atoms with Crippen LogP contribution in [0.3, 0.4) is 0 Å². The zero-order valence-corrected chi connectivity index (χ0v) is 16.1. The van der Waals surface area contributed by atoms with Crippen molar-refractivity contribution in [3.63, 3.8) is 0 Å². The number of nitrogens with zero attached hydrogens (tertiary/aromatic N) is 4. The molecular weight excluding hydrogens is 374 g/mol. The van der Waals surface area contributed by atoms with Gasteiger partial charge in [-0.3, -0.25) is 4.79 Å². The van der Waals surface area contributed by atoms with Crippen LogP contribution in [0, 0.1) is 0 Å². The van der Waals surface area contributed by atoms with E-state index >= 15 is 0 Å². The number of aromatic nitrogens is 4. The lowest BCUT2D eigenvalue weighted by atomic mass is 10.1. The molecule has 1 N–H and O–H groups in total. The number of fused-ring (bicyclic) bond motifs is 1. The molecule has 0 unspecified atom stereocenters. The third-order valence-corrected chi connectivity index (χ3v) is 5.24. The predicted molar refractivity (Wildman–Crippen MR) is 107 cm³/mol. The summed E-state index contributed by atoms with van der Waals surface area (Å²) < 4.78 is 7.18. The van der Waals surface area contributed by atoms with Gasteiger partial charge < -0.3 is 10.1 Å². The van der Waals surface area contributed by atoms with Crippen LogP contribution in [-0.2, 0) is 17.8 Å². The summed E-state index contributed by atoms with van der Waals surface area (Å²) in [7, 11) is 0. The third kappa shape index (κ3) is 4.17. The van der Waals surface area contributed by atoms with Gasteiger partial charge in [-0.05, 0) is 29.7 Å². The molecule has 28 heavy (non-hydrogen) atoms. The maximum atomic E-state index is 12.0. The third-order valence-electron chi connectivity index (χ3n) is 4.28. The van der Waals surface area contributed by atoms with Gasteiger partial charge >= 0.3 is 0 Å². The fourth-order valence-electron chi connectivity index (χ4n) is 2.66. The number of rotatable bonds is 7. The minimum absolute atomic E-state index is 0.00347. The highest BCUT2D eigenvalue weighted by molar-refractivity contribution is 7.19. The number of carbonyl (C=O) groups excluding carboxylic acids is 1.